The summed E-state index contributed by atoms with van der Waals surface area (Å²) < 4.78 is 14.0. The summed E-state index contributed by atoms with van der Waals surface area (Å²) >= 11 is 0. The van der Waals surface area contributed by atoms with Crippen LogP contribution in [0.3, 0.4) is 0 Å². The third-order valence-corrected chi connectivity index (χ3v) is 12.0. The zero-order valence-corrected chi connectivity index (χ0v) is 33.2. The predicted molar refractivity (Wildman–Crippen MR) is 227 cm³/mol. The highest BCUT2D eigenvalue weighted by Crippen LogP contribution is 2.48. The second kappa shape index (κ2) is 18.0. The fourth-order valence-corrected chi connectivity index (χ4v) is 8.79. The van der Waals surface area contributed by atoms with Gasteiger partial charge in [-0.25, -0.2) is 4.79 Å². The van der Waals surface area contributed by atoms with E-state index in [0.29, 0.717) is 51.3 Å². The summed E-state index contributed by atoms with van der Waals surface area (Å²) in [4.78, 5) is 43.9. The maximum absolute atomic E-state index is 13.5. The van der Waals surface area contributed by atoms with Crippen molar-refractivity contribution in [3.05, 3.63) is 167 Å². The van der Waals surface area contributed by atoms with Crippen LogP contribution in [0.5, 0.6) is 0 Å². The Hall–Kier alpha value is -5.85. The van der Waals surface area contributed by atoms with Crippen molar-refractivity contribution in [2.24, 2.45) is 0 Å². The van der Waals surface area contributed by atoms with Crippen LogP contribution in [0.15, 0.2) is 140 Å². The van der Waals surface area contributed by atoms with Gasteiger partial charge in [0.1, 0.15) is 5.54 Å². The molecule has 0 bridgehead atoms. The molecule has 4 N–H and O–H groups in total. The second-order valence-corrected chi connectivity index (χ2v) is 15.7. The number of anilines is 2. The number of para-hydroxylation sites is 1. The van der Waals surface area contributed by atoms with E-state index in [2.05, 4.69) is 50.0 Å². The zero-order valence-electron chi connectivity index (χ0n) is 33.2. The molecule has 59 heavy (non-hydrogen) atoms. The fraction of sp³-hybridized carbons (Fsp3) is 0.312. The van der Waals surface area contributed by atoms with E-state index >= 15 is 0 Å². The molecule has 8 rings (SSSR count). The summed E-state index contributed by atoms with van der Waals surface area (Å²) in [5, 5.41) is 18.7. The number of aliphatic hydroxyl groups excluding tert-OH is 1. The van der Waals surface area contributed by atoms with E-state index in [1.54, 1.807) is 6.07 Å². The maximum Gasteiger partial charge on any atom is 0.319 e. The lowest BCUT2D eigenvalue weighted by Crippen LogP contribution is -2.57. The largest absolute Gasteiger partial charge is 0.392 e. The molecule has 3 fully saturated rings. The second-order valence-electron chi connectivity index (χ2n) is 15.7. The number of nitrogens with one attached hydrogen (secondary N) is 3. The van der Waals surface area contributed by atoms with Gasteiger partial charge in [0, 0.05) is 42.5 Å². The molecular weight excluding hydrogens is 743 g/mol. The molecule has 11 heteroatoms. The molecule has 3 aliphatic rings. The van der Waals surface area contributed by atoms with Crippen molar-refractivity contribution in [2.45, 2.75) is 68.8 Å². The molecule has 0 saturated carbocycles. The molecule has 0 aromatic heterocycles. The number of ether oxygens (including phenoxy) is 2. The number of amides is 3. The van der Waals surface area contributed by atoms with Gasteiger partial charge in [-0.05, 0) is 72.7 Å². The minimum absolute atomic E-state index is 0.0642. The van der Waals surface area contributed by atoms with Gasteiger partial charge in [0.15, 0.2) is 12.1 Å². The predicted octanol–water partition coefficient (Wildman–Crippen LogP) is 6.87. The Bertz CT molecular complexity index is 2200. The van der Waals surface area contributed by atoms with Crippen LogP contribution in [-0.2, 0) is 32.1 Å². The number of ketones is 1. The van der Waals surface area contributed by atoms with E-state index in [9.17, 15) is 19.5 Å². The highest BCUT2D eigenvalue weighted by Gasteiger charge is 2.51. The fourth-order valence-electron chi connectivity index (χ4n) is 8.79. The lowest BCUT2D eigenvalue weighted by Gasteiger charge is -2.47. The molecule has 3 amide bonds. The molecule has 5 aromatic carbocycles. The van der Waals surface area contributed by atoms with Crippen LogP contribution in [-0.4, -0.2) is 71.7 Å². The first-order chi connectivity index (χ1) is 28.8. The summed E-state index contributed by atoms with van der Waals surface area (Å²) in [6.45, 7) is 3.92. The van der Waals surface area contributed by atoms with Gasteiger partial charge in [-0.2, -0.15) is 0 Å². The highest BCUT2D eigenvalue weighted by atomic mass is 16.7. The molecular formula is C48H51N5O6. The third-order valence-electron chi connectivity index (χ3n) is 12.0. The maximum atomic E-state index is 13.5. The molecule has 3 aliphatic heterocycles. The number of hydrogen-bond acceptors (Lipinski definition) is 8. The van der Waals surface area contributed by atoms with Crippen LogP contribution >= 0.6 is 0 Å². The number of hydrogen-bond donors (Lipinski definition) is 4. The Balaban J connectivity index is 1.05. The van der Waals surface area contributed by atoms with Crippen molar-refractivity contribution in [3.63, 3.8) is 0 Å². The van der Waals surface area contributed by atoms with Crippen LogP contribution < -0.4 is 20.9 Å². The number of carbonyl (C=O) groups is 3. The van der Waals surface area contributed by atoms with Crippen molar-refractivity contribution in [1.82, 2.24) is 15.5 Å². The van der Waals surface area contributed by atoms with Crippen molar-refractivity contribution >= 4 is 29.1 Å². The average molecular weight is 794 g/mol. The molecule has 0 radical (unpaired) electrons. The first-order valence-electron chi connectivity index (χ1n) is 20.4. The number of benzene rings is 5. The van der Waals surface area contributed by atoms with Crippen LogP contribution in [0.4, 0.5) is 16.2 Å². The minimum atomic E-state index is -0.791. The summed E-state index contributed by atoms with van der Waals surface area (Å²) in [6.07, 6.45) is 0.190. The van der Waals surface area contributed by atoms with Crippen LogP contribution in [0.25, 0.3) is 0 Å². The number of urea groups is 1. The smallest absolute Gasteiger partial charge is 0.319 e. The standard InChI is InChI=1S/C48H51N5O6/c1-33(55)41(28-34-12-5-2-6-13-34)51-47(57)50-39-17-11-16-38(29-39)45-58-42(43(36-14-7-3-8-15-36)44(59-45)37-22-20-35(31-54)21-23-37)30-52-26-24-48(25-27-52)46(56)49-32-53(48)40-18-9-4-10-19-40/h2-23,29,41-45,54H,24-28,30-32H2,1H3,(H,49,56)(H2,50,51,57). The number of nitrogens with zero attached hydrogens (tertiary/aromatic N) is 2. The van der Waals surface area contributed by atoms with Crippen molar-refractivity contribution < 1.29 is 29.0 Å². The van der Waals surface area contributed by atoms with E-state index < -0.39 is 30.0 Å². The van der Waals surface area contributed by atoms with Gasteiger partial charge in [0.05, 0.1) is 31.5 Å². The van der Waals surface area contributed by atoms with Crippen molar-refractivity contribution in [1.29, 1.82) is 0 Å². The molecule has 0 aliphatic carbocycles. The Kier molecular flexibility index (Phi) is 12.2. The average Bonchev–Trinajstić information content (AvgIpc) is 3.59. The molecule has 5 atom stereocenters. The van der Waals surface area contributed by atoms with Gasteiger partial charge in [-0.3, -0.25) is 9.59 Å². The number of rotatable bonds is 12. The van der Waals surface area contributed by atoms with Gasteiger partial charge in [-0.1, -0.05) is 115 Å². The van der Waals surface area contributed by atoms with E-state index in [4.69, 9.17) is 9.47 Å². The SMILES string of the molecule is CC(=O)C(Cc1ccccc1)NC(=O)Nc1cccc(C2OC(CN3CCC4(CC3)C(=O)NCN4c3ccccc3)C(c3ccccc3)C(c3ccc(CO)cc3)O2)c1. The third kappa shape index (κ3) is 8.94. The number of Topliss-reactive ketones (excluding diaryl/α,β-unsaturated/α-hetero) is 1. The molecule has 5 unspecified atom stereocenters. The molecule has 5 aromatic rings. The number of carbonyl (C=O) groups excluding carboxylic acids is 3. The summed E-state index contributed by atoms with van der Waals surface area (Å²) in [5.74, 6) is -0.256. The first kappa shape index (κ1) is 40.0. The molecule has 11 nitrogen and oxygen atoms in total. The number of aliphatic hydroxyl groups is 1. The van der Waals surface area contributed by atoms with Crippen molar-refractivity contribution in [2.75, 3.05) is 36.5 Å². The molecule has 3 heterocycles. The number of likely N-dealkylation sites (tertiary alicyclic amines) is 1. The van der Waals surface area contributed by atoms with E-state index in [-0.39, 0.29) is 30.3 Å². The minimum Gasteiger partial charge on any atom is -0.392 e. The van der Waals surface area contributed by atoms with Gasteiger partial charge >= 0.3 is 6.03 Å². The Labute approximate surface area is 345 Å². The van der Waals surface area contributed by atoms with E-state index in [1.165, 1.54) is 6.92 Å². The van der Waals surface area contributed by atoms with E-state index in [0.717, 1.165) is 33.5 Å². The van der Waals surface area contributed by atoms with E-state index in [1.807, 2.05) is 109 Å². The zero-order chi connectivity index (χ0) is 40.8. The Morgan fingerprint density at radius 2 is 1.46 bits per heavy atom. The Morgan fingerprint density at radius 3 is 2.14 bits per heavy atom. The lowest BCUT2D eigenvalue weighted by atomic mass is 9.82. The molecule has 304 valence electrons. The van der Waals surface area contributed by atoms with Crippen LogP contribution in [0.1, 0.15) is 65.9 Å². The van der Waals surface area contributed by atoms with Gasteiger partial charge < -0.3 is 40.3 Å². The van der Waals surface area contributed by atoms with Gasteiger partial charge in [0.2, 0.25) is 5.91 Å². The molecule has 3 saturated heterocycles. The number of piperidine rings is 1. The van der Waals surface area contributed by atoms with Gasteiger partial charge in [-0.15, -0.1) is 0 Å². The topological polar surface area (TPSA) is 132 Å². The summed E-state index contributed by atoms with van der Waals surface area (Å²) in [7, 11) is 0. The van der Waals surface area contributed by atoms with Crippen LogP contribution in [0, 0.1) is 0 Å². The lowest BCUT2D eigenvalue weighted by molar-refractivity contribution is -0.264. The van der Waals surface area contributed by atoms with Gasteiger partial charge in [0.25, 0.3) is 0 Å². The monoisotopic (exact) mass is 793 g/mol. The normalized spacial score (nSPS) is 22.1. The van der Waals surface area contributed by atoms with Crippen LogP contribution in [0.2, 0.25) is 0 Å². The first-order valence-corrected chi connectivity index (χ1v) is 20.4. The quantitative estimate of drug-likeness (QED) is 0.108. The highest BCUT2D eigenvalue weighted by molar-refractivity contribution is 5.94. The molecule has 1 spiro atoms. The summed E-state index contributed by atoms with van der Waals surface area (Å²) in [6, 6.07) is 44.1. The summed E-state index contributed by atoms with van der Waals surface area (Å²) in [5.41, 5.74) is 5.46. The Morgan fingerprint density at radius 1 is 0.797 bits per heavy atom. The van der Waals surface area contributed by atoms with Crippen molar-refractivity contribution in [3.8, 4) is 0 Å².